The number of rotatable bonds is 21. The van der Waals surface area contributed by atoms with Crippen LogP contribution in [0.1, 0.15) is 122 Å². The Hall–Kier alpha value is -1.66. The molecule has 1 rings (SSSR count). The summed E-state index contributed by atoms with van der Waals surface area (Å²) in [6, 6.07) is 5.10. The summed E-state index contributed by atoms with van der Waals surface area (Å²) in [7, 11) is -4.24. The smallest absolute Gasteiger partial charge is 0.315 e. The lowest BCUT2D eigenvalue weighted by atomic mass is 10.0. The topological polar surface area (TPSA) is 80.7 Å². The van der Waals surface area contributed by atoms with Gasteiger partial charge in [0.2, 0.25) is 0 Å². The van der Waals surface area contributed by atoms with Crippen molar-refractivity contribution in [1.29, 1.82) is 0 Å². The summed E-state index contributed by atoms with van der Waals surface area (Å²) in [6.45, 7) is 2.27. The van der Waals surface area contributed by atoms with E-state index in [-0.39, 0.29) is 17.1 Å². The fourth-order valence-corrected chi connectivity index (χ4v) is 4.44. The molecule has 0 aliphatic rings. The van der Waals surface area contributed by atoms with E-state index in [1.807, 2.05) is 12.2 Å². The molecular formula is C28H46O5S. The van der Waals surface area contributed by atoms with E-state index in [0.717, 1.165) is 12.8 Å². The van der Waals surface area contributed by atoms with Crippen LogP contribution in [0.15, 0.2) is 41.3 Å². The van der Waals surface area contributed by atoms with Crippen molar-refractivity contribution >= 4 is 16.1 Å². The molecule has 0 aromatic heterocycles. The predicted molar refractivity (Wildman–Crippen MR) is 140 cm³/mol. The molecule has 0 bridgehead atoms. The molecule has 1 aromatic rings. The molecule has 34 heavy (non-hydrogen) atoms. The number of hydrogen-bond donors (Lipinski definition) is 1. The van der Waals surface area contributed by atoms with Gasteiger partial charge in [0, 0.05) is 0 Å². The molecule has 1 aromatic carbocycles. The van der Waals surface area contributed by atoms with Crippen LogP contribution in [-0.2, 0) is 14.9 Å². The van der Waals surface area contributed by atoms with E-state index < -0.39 is 16.1 Å². The van der Waals surface area contributed by atoms with Gasteiger partial charge < -0.3 is 4.74 Å². The van der Waals surface area contributed by atoms with Crippen LogP contribution >= 0.6 is 0 Å². The van der Waals surface area contributed by atoms with Crippen molar-refractivity contribution in [3.05, 3.63) is 36.4 Å². The molecule has 0 fully saturated rings. The van der Waals surface area contributed by atoms with Crippen molar-refractivity contribution in [2.24, 2.45) is 0 Å². The van der Waals surface area contributed by atoms with Crippen molar-refractivity contribution in [2.75, 3.05) is 0 Å². The van der Waals surface area contributed by atoms with Crippen molar-refractivity contribution in [1.82, 2.24) is 0 Å². The van der Waals surface area contributed by atoms with Crippen molar-refractivity contribution in [3.8, 4) is 5.75 Å². The minimum Gasteiger partial charge on any atom is -0.426 e. The summed E-state index contributed by atoms with van der Waals surface area (Å²) in [5, 5.41) is 0. The SMILES string of the molecule is CCCCCCCCCCCCCCCCCCC=CCC(=O)Oc1ccc(S(=O)(=O)O)cc1. The molecule has 0 atom stereocenters. The van der Waals surface area contributed by atoms with Gasteiger partial charge in [0.25, 0.3) is 10.1 Å². The lowest BCUT2D eigenvalue weighted by Crippen LogP contribution is -2.06. The Bertz CT molecular complexity index is 768. The van der Waals surface area contributed by atoms with Crippen LogP contribution in [0.3, 0.4) is 0 Å². The average Bonchev–Trinajstić information content (AvgIpc) is 2.80. The Morgan fingerprint density at radius 1 is 0.735 bits per heavy atom. The van der Waals surface area contributed by atoms with Crippen molar-refractivity contribution in [2.45, 2.75) is 127 Å². The molecular weight excluding hydrogens is 448 g/mol. The van der Waals surface area contributed by atoms with Gasteiger partial charge in [-0.25, -0.2) is 0 Å². The van der Waals surface area contributed by atoms with Gasteiger partial charge in [-0.2, -0.15) is 8.42 Å². The molecule has 6 heteroatoms. The van der Waals surface area contributed by atoms with Gasteiger partial charge in [-0.3, -0.25) is 9.35 Å². The molecule has 0 radical (unpaired) electrons. The maximum Gasteiger partial charge on any atom is 0.315 e. The fraction of sp³-hybridized carbons (Fsp3) is 0.679. The first-order chi connectivity index (χ1) is 16.4. The molecule has 0 saturated carbocycles. The van der Waals surface area contributed by atoms with Crippen molar-refractivity contribution in [3.63, 3.8) is 0 Å². The molecule has 0 heterocycles. The lowest BCUT2D eigenvalue weighted by molar-refractivity contribution is -0.133. The number of unbranched alkanes of at least 4 members (excludes halogenated alkanes) is 16. The molecule has 0 saturated heterocycles. The van der Waals surface area contributed by atoms with E-state index in [1.165, 1.54) is 121 Å². The second-order valence-corrected chi connectivity index (χ2v) is 10.6. The zero-order valence-corrected chi connectivity index (χ0v) is 22.0. The number of carbonyl (C=O) groups is 1. The fourth-order valence-electron chi connectivity index (χ4n) is 3.96. The third kappa shape index (κ3) is 16.9. The molecule has 1 N–H and O–H groups in total. The first kappa shape index (κ1) is 30.4. The Morgan fingerprint density at radius 2 is 1.18 bits per heavy atom. The molecule has 5 nitrogen and oxygen atoms in total. The zero-order chi connectivity index (χ0) is 24.9. The van der Waals surface area contributed by atoms with Gasteiger partial charge in [0.05, 0.1) is 11.3 Å². The van der Waals surface area contributed by atoms with Gasteiger partial charge in [-0.1, -0.05) is 115 Å². The molecule has 194 valence electrons. The average molecular weight is 495 g/mol. The number of hydrogen-bond acceptors (Lipinski definition) is 4. The van der Waals surface area contributed by atoms with Crippen LogP contribution < -0.4 is 4.74 Å². The monoisotopic (exact) mass is 494 g/mol. The maximum absolute atomic E-state index is 11.8. The Labute approximate surface area is 208 Å². The van der Waals surface area contributed by atoms with Gasteiger partial charge >= 0.3 is 5.97 Å². The summed E-state index contributed by atoms with van der Waals surface area (Å²) in [5.74, 6) is -0.147. The second kappa shape index (κ2) is 19.6. The first-order valence-electron chi connectivity index (χ1n) is 13.4. The van der Waals surface area contributed by atoms with Crippen LogP contribution in [0, 0.1) is 0 Å². The number of carbonyl (C=O) groups excluding carboxylic acids is 1. The van der Waals surface area contributed by atoms with Crippen molar-refractivity contribution < 1.29 is 22.5 Å². The highest BCUT2D eigenvalue weighted by Gasteiger charge is 2.10. The zero-order valence-electron chi connectivity index (χ0n) is 21.2. The highest BCUT2D eigenvalue weighted by atomic mass is 32.2. The van der Waals surface area contributed by atoms with Crippen LogP contribution in [0.2, 0.25) is 0 Å². The minimum absolute atomic E-state index is 0.179. The summed E-state index contributed by atoms with van der Waals surface area (Å²) in [5.41, 5.74) is 0. The van der Waals surface area contributed by atoms with Gasteiger partial charge in [0.15, 0.2) is 0 Å². The third-order valence-corrected chi connectivity index (χ3v) is 6.90. The maximum atomic E-state index is 11.8. The first-order valence-corrected chi connectivity index (χ1v) is 14.8. The number of esters is 1. The number of benzene rings is 1. The second-order valence-electron chi connectivity index (χ2n) is 9.19. The van der Waals surface area contributed by atoms with Gasteiger partial charge in [-0.15, -0.1) is 0 Å². The van der Waals surface area contributed by atoms with E-state index in [4.69, 9.17) is 9.29 Å². The highest BCUT2D eigenvalue weighted by Crippen LogP contribution is 2.17. The summed E-state index contributed by atoms with van der Waals surface area (Å²) in [4.78, 5) is 11.6. The van der Waals surface area contributed by atoms with Crippen LogP contribution in [-0.4, -0.2) is 18.9 Å². The Balaban J connectivity index is 1.89. The quantitative estimate of drug-likeness (QED) is 0.0609. The van der Waals surface area contributed by atoms with E-state index in [0.29, 0.717) is 0 Å². The highest BCUT2D eigenvalue weighted by molar-refractivity contribution is 7.85. The molecule has 0 unspecified atom stereocenters. The molecule has 0 amide bonds. The normalized spacial score (nSPS) is 11.8. The van der Waals surface area contributed by atoms with Crippen LogP contribution in [0.25, 0.3) is 0 Å². The number of allylic oxidation sites excluding steroid dienone is 1. The van der Waals surface area contributed by atoms with E-state index >= 15 is 0 Å². The molecule has 0 aliphatic carbocycles. The Morgan fingerprint density at radius 3 is 1.62 bits per heavy atom. The standard InChI is InChI=1S/C28H46O5S/c1-2-3-4-5-6-7-8-9-10-11-12-13-14-15-16-17-18-19-20-21-28(29)33-26-22-24-27(25-23-26)34(30,31)32/h19-20,22-25H,2-18,21H2,1H3,(H,30,31,32). The van der Waals surface area contributed by atoms with Gasteiger partial charge in [0.1, 0.15) is 5.75 Å². The van der Waals surface area contributed by atoms with E-state index in [2.05, 4.69) is 6.92 Å². The molecule has 0 spiro atoms. The third-order valence-electron chi connectivity index (χ3n) is 6.03. The largest absolute Gasteiger partial charge is 0.426 e. The number of ether oxygens (including phenoxy) is 1. The van der Waals surface area contributed by atoms with E-state index in [1.54, 1.807) is 0 Å². The predicted octanol–water partition coefficient (Wildman–Crippen LogP) is 8.44. The Kier molecular flexibility index (Phi) is 17.5. The van der Waals surface area contributed by atoms with Crippen LogP contribution in [0.5, 0.6) is 5.75 Å². The summed E-state index contributed by atoms with van der Waals surface area (Å²) < 4.78 is 36.1. The summed E-state index contributed by atoms with van der Waals surface area (Å²) >= 11 is 0. The molecule has 0 aliphatic heterocycles. The van der Waals surface area contributed by atoms with E-state index in [9.17, 15) is 13.2 Å². The minimum atomic E-state index is -4.24. The summed E-state index contributed by atoms with van der Waals surface area (Å²) in [6.07, 6.45) is 26.7. The lowest BCUT2D eigenvalue weighted by Gasteiger charge is -2.03. The van der Waals surface area contributed by atoms with Crippen LogP contribution in [0.4, 0.5) is 0 Å². The van der Waals surface area contributed by atoms with Gasteiger partial charge in [-0.05, 0) is 37.1 Å².